The first kappa shape index (κ1) is 22.2. The molecule has 0 radical (unpaired) electrons. The van der Waals surface area contributed by atoms with Crippen molar-refractivity contribution in [1.29, 1.82) is 0 Å². The summed E-state index contributed by atoms with van der Waals surface area (Å²) in [6.45, 7) is 4.55. The average molecular weight is 422 g/mol. The first-order chi connectivity index (χ1) is 13.1. The minimum atomic E-state index is -0.148. The van der Waals surface area contributed by atoms with E-state index in [4.69, 9.17) is 11.6 Å². The summed E-state index contributed by atoms with van der Waals surface area (Å²) in [7, 11) is 0. The summed E-state index contributed by atoms with van der Waals surface area (Å²) in [5.41, 5.74) is 2.05. The lowest BCUT2D eigenvalue weighted by Gasteiger charge is -2.22. The highest BCUT2D eigenvalue weighted by molar-refractivity contribution is 6.34. The second kappa shape index (κ2) is 10.5. The summed E-state index contributed by atoms with van der Waals surface area (Å²) < 4.78 is 0. The second-order valence-electron chi connectivity index (χ2n) is 6.68. The molecule has 5 nitrogen and oxygen atoms in total. The zero-order valence-electron chi connectivity index (χ0n) is 15.8. The topological polar surface area (TPSA) is 61.4 Å². The molecule has 0 aromatic heterocycles. The van der Waals surface area contributed by atoms with Crippen molar-refractivity contribution in [2.75, 3.05) is 25.0 Å². The van der Waals surface area contributed by atoms with Crippen LogP contribution in [-0.4, -0.2) is 36.3 Å². The predicted octanol–water partition coefficient (Wildman–Crippen LogP) is 3.97. The first-order valence-corrected chi connectivity index (χ1v) is 9.60. The van der Waals surface area contributed by atoms with Gasteiger partial charge in [-0.1, -0.05) is 41.9 Å². The van der Waals surface area contributed by atoms with Gasteiger partial charge in [-0.2, -0.15) is 0 Å². The Balaban J connectivity index is 0.00000280. The summed E-state index contributed by atoms with van der Waals surface area (Å²) in [5.74, 6) is -0.215. The fraction of sp³-hybridized carbons (Fsp3) is 0.333. The maximum absolute atomic E-state index is 13.0. The number of amides is 2. The number of hydrogen-bond acceptors (Lipinski definition) is 3. The highest BCUT2D eigenvalue weighted by Gasteiger charge is 2.23. The van der Waals surface area contributed by atoms with E-state index in [1.807, 2.05) is 37.3 Å². The van der Waals surface area contributed by atoms with Gasteiger partial charge in [0.2, 0.25) is 5.91 Å². The van der Waals surface area contributed by atoms with Crippen LogP contribution in [0.15, 0.2) is 48.5 Å². The van der Waals surface area contributed by atoms with Crippen molar-refractivity contribution in [2.45, 2.75) is 19.9 Å². The van der Waals surface area contributed by atoms with E-state index in [0.29, 0.717) is 35.9 Å². The lowest BCUT2D eigenvalue weighted by molar-refractivity contribution is -0.119. The average Bonchev–Trinajstić information content (AvgIpc) is 3.23. The fourth-order valence-electron chi connectivity index (χ4n) is 3.19. The van der Waals surface area contributed by atoms with Crippen LogP contribution in [0.4, 0.5) is 5.69 Å². The Morgan fingerprint density at radius 3 is 2.61 bits per heavy atom. The fourth-order valence-corrected chi connectivity index (χ4v) is 3.39. The summed E-state index contributed by atoms with van der Waals surface area (Å²) >= 11 is 6.29. The van der Waals surface area contributed by atoms with Gasteiger partial charge in [0.05, 0.1) is 16.5 Å². The number of rotatable bonds is 6. The van der Waals surface area contributed by atoms with Gasteiger partial charge in [0.25, 0.3) is 5.91 Å². The van der Waals surface area contributed by atoms with Gasteiger partial charge in [-0.05, 0) is 43.7 Å². The van der Waals surface area contributed by atoms with E-state index in [1.54, 1.807) is 23.1 Å². The monoisotopic (exact) mass is 421 g/mol. The highest BCUT2D eigenvalue weighted by Crippen LogP contribution is 2.24. The molecule has 3 rings (SSSR count). The molecule has 0 saturated carbocycles. The number of carbonyl (C=O) groups is 2. The van der Waals surface area contributed by atoms with Crippen molar-refractivity contribution in [2.24, 2.45) is 5.92 Å². The summed E-state index contributed by atoms with van der Waals surface area (Å²) in [5, 5.41) is 6.47. The molecule has 1 unspecified atom stereocenters. The molecule has 1 atom stereocenters. The van der Waals surface area contributed by atoms with E-state index in [1.165, 1.54) is 0 Å². The molecule has 2 aromatic rings. The molecular formula is C21H25Cl2N3O2. The minimum absolute atomic E-state index is 0. The molecule has 0 aliphatic carbocycles. The standard InChI is InChI=1S/C21H24ClN3O2.ClH/c1-2-25(14-15-6-4-3-5-7-15)21(27)18-12-17(8-9-19(18)22)24-20(26)16-10-11-23-13-16;/h3-9,12,16,23H,2,10-11,13-14H2,1H3,(H,24,26);1H. The molecular weight excluding hydrogens is 397 g/mol. The third-order valence-corrected chi connectivity index (χ3v) is 5.11. The van der Waals surface area contributed by atoms with Gasteiger partial charge in [0.1, 0.15) is 0 Å². The number of anilines is 1. The van der Waals surface area contributed by atoms with Crippen molar-refractivity contribution in [3.05, 3.63) is 64.7 Å². The first-order valence-electron chi connectivity index (χ1n) is 9.22. The number of benzene rings is 2. The van der Waals surface area contributed by atoms with Crippen LogP contribution in [0.3, 0.4) is 0 Å². The van der Waals surface area contributed by atoms with Crippen LogP contribution in [-0.2, 0) is 11.3 Å². The van der Waals surface area contributed by atoms with Crippen molar-refractivity contribution in [1.82, 2.24) is 10.2 Å². The van der Waals surface area contributed by atoms with E-state index >= 15 is 0 Å². The molecule has 28 heavy (non-hydrogen) atoms. The molecule has 1 fully saturated rings. The Kier molecular flexibility index (Phi) is 8.30. The Labute approximate surface area is 176 Å². The molecule has 0 bridgehead atoms. The van der Waals surface area contributed by atoms with Crippen LogP contribution in [0.5, 0.6) is 0 Å². The summed E-state index contributed by atoms with van der Waals surface area (Å²) in [4.78, 5) is 27.1. The van der Waals surface area contributed by atoms with Gasteiger partial charge < -0.3 is 15.5 Å². The number of nitrogens with one attached hydrogen (secondary N) is 2. The van der Waals surface area contributed by atoms with E-state index in [9.17, 15) is 9.59 Å². The minimum Gasteiger partial charge on any atom is -0.335 e. The van der Waals surface area contributed by atoms with Gasteiger partial charge in [-0.3, -0.25) is 9.59 Å². The van der Waals surface area contributed by atoms with Gasteiger partial charge in [-0.15, -0.1) is 12.4 Å². The van der Waals surface area contributed by atoms with E-state index in [0.717, 1.165) is 18.5 Å². The Morgan fingerprint density at radius 1 is 1.21 bits per heavy atom. The summed E-state index contributed by atoms with van der Waals surface area (Å²) in [6, 6.07) is 14.9. The predicted molar refractivity (Wildman–Crippen MR) is 115 cm³/mol. The van der Waals surface area contributed by atoms with Gasteiger partial charge >= 0.3 is 0 Å². The lowest BCUT2D eigenvalue weighted by Crippen LogP contribution is -2.30. The third-order valence-electron chi connectivity index (χ3n) is 4.78. The van der Waals surface area contributed by atoms with E-state index < -0.39 is 0 Å². The van der Waals surface area contributed by atoms with Crippen LogP contribution >= 0.6 is 24.0 Å². The summed E-state index contributed by atoms with van der Waals surface area (Å²) in [6.07, 6.45) is 0.825. The van der Waals surface area contributed by atoms with Crippen molar-refractivity contribution in [3.8, 4) is 0 Å². The largest absolute Gasteiger partial charge is 0.335 e. The molecule has 0 spiro atoms. The Bertz CT molecular complexity index is 809. The second-order valence-corrected chi connectivity index (χ2v) is 7.09. The quantitative estimate of drug-likeness (QED) is 0.741. The molecule has 1 aliphatic heterocycles. The van der Waals surface area contributed by atoms with Crippen LogP contribution in [0.25, 0.3) is 0 Å². The molecule has 2 N–H and O–H groups in total. The zero-order chi connectivity index (χ0) is 19.2. The number of nitrogens with zero attached hydrogens (tertiary/aromatic N) is 1. The molecule has 1 aliphatic rings. The number of hydrogen-bond donors (Lipinski definition) is 2. The number of carbonyl (C=O) groups excluding carboxylic acids is 2. The Hall–Kier alpha value is -2.08. The molecule has 1 heterocycles. The van der Waals surface area contributed by atoms with Crippen molar-refractivity contribution >= 4 is 41.5 Å². The van der Waals surface area contributed by atoms with Gasteiger partial charge in [0, 0.05) is 25.3 Å². The van der Waals surface area contributed by atoms with E-state index in [-0.39, 0.29) is 30.1 Å². The maximum Gasteiger partial charge on any atom is 0.255 e. The smallest absolute Gasteiger partial charge is 0.255 e. The van der Waals surface area contributed by atoms with Crippen LogP contribution in [0.2, 0.25) is 5.02 Å². The molecule has 150 valence electrons. The van der Waals surface area contributed by atoms with Crippen LogP contribution in [0.1, 0.15) is 29.3 Å². The molecule has 2 aromatic carbocycles. The molecule has 7 heteroatoms. The highest BCUT2D eigenvalue weighted by atomic mass is 35.5. The lowest BCUT2D eigenvalue weighted by atomic mass is 10.1. The molecule has 1 saturated heterocycles. The van der Waals surface area contributed by atoms with Crippen molar-refractivity contribution < 1.29 is 9.59 Å². The van der Waals surface area contributed by atoms with Crippen LogP contribution in [0, 0.1) is 5.92 Å². The van der Waals surface area contributed by atoms with Crippen molar-refractivity contribution in [3.63, 3.8) is 0 Å². The van der Waals surface area contributed by atoms with Gasteiger partial charge in [0.15, 0.2) is 0 Å². The SMILES string of the molecule is CCN(Cc1ccccc1)C(=O)c1cc(NC(=O)C2CCNC2)ccc1Cl.Cl. The van der Waals surface area contributed by atoms with Gasteiger partial charge in [-0.25, -0.2) is 0 Å². The van der Waals surface area contributed by atoms with E-state index in [2.05, 4.69) is 10.6 Å². The Morgan fingerprint density at radius 2 is 1.96 bits per heavy atom. The normalized spacial score (nSPS) is 15.6. The third kappa shape index (κ3) is 5.47. The number of halogens is 2. The maximum atomic E-state index is 13.0. The zero-order valence-corrected chi connectivity index (χ0v) is 17.4. The molecule has 2 amide bonds. The van der Waals surface area contributed by atoms with Crippen LogP contribution < -0.4 is 10.6 Å².